The van der Waals surface area contributed by atoms with Gasteiger partial charge in [-0.2, -0.15) is 0 Å². The molecular weight excluding hydrogens is 782 g/mol. The molecule has 8 nitrogen and oxygen atoms in total. The standard InChI is InChI=1S/C52H96NO7P/c1-6-8-10-12-14-16-18-20-22-24-26-28-30-32-34-36-38-40-42-44-47-57-49-51(50-59-61(55,56)58-48-46-53(3,4)5)60-52(54)45-43-41-39-37-35-33-31-29-27-25-23-21-19-17-15-13-11-9-7-2/h14-17,20-23,27,29,51H,6-13,18-19,24-26,28,30-50H2,1-5H3/b16-14-,17-15-,22-20-,23-21-,29-27-/t51-/m1/s1. The molecular formula is C52H96NO7P. The number of phosphoric acid groups is 1. The zero-order valence-electron chi connectivity index (χ0n) is 40.4. The first kappa shape index (κ1) is 59.2. The highest BCUT2D eigenvalue weighted by atomic mass is 31.2. The summed E-state index contributed by atoms with van der Waals surface area (Å²) in [6.07, 6.45) is 56.6. The van der Waals surface area contributed by atoms with Crippen LogP contribution in [0.2, 0.25) is 0 Å². The van der Waals surface area contributed by atoms with E-state index >= 15 is 0 Å². The average Bonchev–Trinajstić information content (AvgIpc) is 3.22. The molecule has 0 amide bonds. The number of carbonyl (C=O) groups excluding carboxylic acids is 1. The molecule has 0 aliphatic heterocycles. The topological polar surface area (TPSA) is 94.1 Å². The van der Waals surface area contributed by atoms with Crippen molar-refractivity contribution in [1.82, 2.24) is 0 Å². The number of esters is 1. The minimum atomic E-state index is -4.54. The maximum Gasteiger partial charge on any atom is 0.306 e. The van der Waals surface area contributed by atoms with Crippen LogP contribution in [0.1, 0.15) is 206 Å². The molecule has 0 aromatic rings. The van der Waals surface area contributed by atoms with E-state index < -0.39 is 13.9 Å². The van der Waals surface area contributed by atoms with Crippen LogP contribution in [-0.4, -0.2) is 70.7 Å². The van der Waals surface area contributed by atoms with Crippen LogP contribution in [0.5, 0.6) is 0 Å². The smallest absolute Gasteiger partial charge is 0.306 e. The Bertz CT molecular complexity index is 1160. The molecule has 0 fully saturated rings. The van der Waals surface area contributed by atoms with Gasteiger partial charge in [0.25, 0.3) is 7.82 Å². The normalized spacial score (nSPS) is 14.1. The summed E-state index contributed by atoms with van der Waals surface area (Å²) >= 11 is 0. The van der Waals surface area contributed by atoms with Gasteiger partial charge in [-0.15, -0.1) is 0 Å². The van der Waals surface area contributed by atoms with Crippen molar-refractivity contribution in [3.63, 3.8) is 0 Å². The molecule has 61 heavy (non-hydrogen) atoms. The van der Waals surface area contributed by atoms with Gasteiger partial charge in [0.1, 0.15) is 19.3 Å². The van der Waals surface area contributed by atoms with Gasteiger partial charge in [0.2, 0.25) is 0 Å². The van der Waals surface area contributed by atoms with Gasteiger partial charge in [0, 0.05) is 13.0 Å². The van der Waals surface area contributed by atoms with Crippen molar-refractivity contribution in [3.8, 4) is 0 Å². The first-order valence-electron chi connectivity index (χ1n) is 25.0. The van der Waals surface area contributed by atoms with Crippen molar-refractivity contribution < 1.29 is 37.3 Å². The number of ether oxygens (including phenoxy) is 2. The van der Waals surface area contributed by atoms with Gasteiger partial charge in [-0.1, -0.05) is 177 Å². The Hall–Kier alpha value is -1.80. The average molecular weight is 878 g/mol. The largest absolute Gasteiger partial charge is 0.756 e. The van der Waals surface area contributed by atoms with Crippen LogP contribution in [0.4, 0.5) is 0 Å². The quantitative estimate of drug-likeness (QED) is 0.0198. The van der Waals surface area contributed by atoms with Crippen molar-refractivity contribution in [2.24, 2.45) is 0 Å². The van der Waals surface area contributed by atoms with Crippen molar-refractivity contribution in [1.29, 1.82) is 0 Å². The Balaban J connectivity index is 4.20. The summed E-state index contributed by atoms with van der Waals surface area (Å²) < 4.78 is 34.7. The van der Waals surface area contributed by atoms with E-state index in [0.717, 1.165) is 64.2 Å². The van der Waals surface area contributed by atoms with Crippen LogP contribution < -0.4 is 4.89 Å². The van der Waals surface area contributed by atoms with Crippen LogP contribution in [0.3, 0.4) is 0 Å². The van der Waals surface area contributed by atoms with E-state index in [1.807, 2.05) is 21.1 Å². The highest BCUT2D eigenvalue weighted by Crippen LogP contribution is 2.38. The second-order valence-electron chi connectivity index (χ2n) is 17.8. The fraction of sp³-hybridized carbons (Fsp3) is 0.788. The minimum Gasteiger partial charge on any atom is -0.756 e. The number of quaternary nitrogens is 1. The molecule has 9 heteroatoms. The molecule has 356 valence electrons. The number of rotatable bonds is 46. The van der Waals surface area contributed by atoms with E-state index in [4.69, 9.17) is 18.5 Å². The first-order valence-corrected chi connectivity index (χ1v) is 26.5. The summed E-state index contributed by atoms with van der Waals surface area (Å²) in [4.78, 5) is 25.2. The zero-order valence-corrected chi connectivity index (χ0v) is 41.2. The maximum absolute atomic E-state index is 12.7. The number of unbranched alkanes of at least 4 members (excludes halogenated alkanes) is 22. The molecule has 0 aromatic carbocycles. The Labute approximate surface area is 377 Å². The molecule has 0 saturated heterocycles. The number of likely N-dealkylation sites (N-methyl/N-ethyl adjacent to an activating group) is 1. The maximum atomic E-state index is 12.7. The van der Waals surface area contributed by atoms with E-state index in [1.54, 1.807) is 0 Å². The highest BCUT2D eigenvalue weighted by molar-refractivity contribution is 7.45. The van der Waals surface area contributed by atoms with Crippen molar-refractivity contribution >= 4 is 13.8 Å². The predicted octanol–water partition coefficient (Wildman–Crippen LogP) is 14.6. The van der Waals surface area contributed by atoms with Crippen molar-refractivity contribution in [2.45, 2.75) is 213 Å². The van der Waals surface area contributed by atoms with E-state index in [2.05, 4.69) is 74.6 Å². The number of hydrogen-bond acceptors (Lipinski definition) is 7. The molecule has 0 saturated carbocycles. The lowest BCUT2D eigenvalue weighted by Gasteiger charge is -2.28. The minimum absolute atomic E-state index is 0.0205. The molecule has 0 radical (unpaired) electrons. The molecule has 0 N–H and O–H groups in total. The summed E-state index contributed by atoms with van der Waals surface area (Å²) in [7, 11) is 1.34. The van der Waals surface area contributed by atoms with Crippen molar-refractivity contribution in [2.75, 3.05) is 54.1 Å². The Morgan fingerprint density at radius 2 is 0.902 bits per heavy atom. The first-order chi connectivity index (χ1) is 29.6. The zero-order chi connectivity index (χ0) is 44.8. The molecule has 0 aromatic heterocycles. The number of allylic oxidation sites excluding steroid dienone is 10. The van der Waals surface area contributed by atoms with Crippen LogP contribution in [0, 0.1) is 0 Å². The number of phosphoric ester groups is 1. The predicted molar refractivity (Wildman–Crippen MR) is 259 cm³/mol. The van der Waals surface area contributed by atoms with E-state index in [-0.39, 0.29) is 25.8 Å². The number of hydrogen-bond donors (Lipinski definition) is 0. The molecule has 1 unspecified atom stereocenters. The lowest BCUT2D eigenvalue weighted by Crippen LogP contribution is -2.37. The monoisotopic (exact) mass is 878 g/mol. The second-order valence-corrected chi connectivity index (χ2v) is 19.2. The van der Waals surface area contributed by atoms with Crippen LogP contribution in [0.15, 0.2) is 60.8 Å². The number of carbonyl (C=O) groups is 1. The third kappa shape index (κ3) is 49.1. The lowest BCUT2D eigenvalue weighted by atomic mass is 10.1. The van der Waals surface area contributed by atoms with Crippen LogP contribution in [-0.2, 0) is 27.9 Å². The Kier molecular flexibility index (Phi) is 43.5. The summed E-state index contributed by atoms with van der Waals surface area (Å²) in [5, 5.41) is 0. The van der Waals surface area contributed by atoms with E-state index in [0.29, 0.717) is 24.1 Å². The third-order valence-corrected chi connectivity index (χ3v) is 11.5. The van der Waals surface area contributed by atoms with Gasteiger partial charge >= 0.3 is 5.97 Å². The molecule has 0 rings (SSSR count). The van der Waals surface area contributed by atoms with Crippen LogP contribution >= 0.6 is 7.82 Å². The fourth-order valence-corrected chi connectivity index (χ4v) is 7.37. The van der Waals surface area contributed by atoms with Gasteiger partial charge in [-0.05, 0) is 83.5 Å². The van der Waals surface area contributed by atoms with E-state index in [1.165, 1.54) is 122 Å². The third-order valence-electron chi connectivity index (χ3n) is 10.5. The fourth-order valence-electron chi connectivity index (χ4n) is 6.64. The van der Waals surface area contributed by atoms with E-state index in [9.17, 15) is 14.3 Å². The summed E-state index contributed by atoms with van der Waals surface area (Å²) in [6, 6.07) is 0. The SMILES string of the molecule is CCCCC/C=C\C/C=C\C/C=C\CCCCCCCCC(=O)O[C@H](COCCCCCCCCCCCC/C=C\C/C=C\CCCCC)COP(=O)([O-])OCC[N+](C)(C)C. The lowest BCUT2D eigenvalue weighted by molar-refractivity contribution is -0.870. The Morgan fingerprint density at radius 3 is 1.34 bits per heavy atom. The summed E-state index contributed by atoms with van der Waals surface area (Å²) in [5.74, 6) is -0.348. The summed E-state index contributed by atoms with van der Waals surface area (Å²) in [5.41, 5.74) is 0. The highest BCUT2D eigenvalue weighted by Gasteiger charge is 2.20. The van der Waals surface area contributed by atoms with Crippen molar-refractivity contribution in [3.05, 3.63) is 60.8 Å². The molecule has 0 bridgehead atoms. The molecule has 0 aliphatic rings. The van der Waals surface area contributed by atoms with Crippen LogP contribution in [0.25, 0.3) is 0 Å². The van der Waals surface area contributed by atoms with Gasteiger partial charge < -0.3 is 27.9 Å². The molecule has 2 atom stereocenters. The van der Waals surface area contributed by atoms with Gasteiger partial charge in [0.05, 0.1) is 34.4 Å². The molecule has 0 spiro atoms. The molecule has 0 heterocycles. The van der Waals surface area contributed by atoms with Gasteiger partial charge in [0.15, 0.2) is 0 Å². The van der Waals surface area contributed by atoms with Gasteiger partial charge in [-0.3, -0.25) is 9.36 Å². The second kappa shape index (κ2) is 44.8. The number of nitrogens with zero attached hydrogens (tertiary/aromatic N) is 1. The Morgan fingerprint density at radius 1 is 0.508 bits per heavy atom. The summed E-state index contributed by atoms with van der Waals surface area (Å²) in [6.45, 7) is 5.34. The van der Waals surface area contributed by atoms with Gasteiger partial charge in [-0.25, -0.2) is 0 Å². The molecule has 0 aliphatic carbocycles.